The van der Waals surface area contributed by atoms with Gasteiger partial charge in [0.05, 0.1) is 6.54 Å². The van der Waals surface area contributed by atoms with Crippen molar-refractivity contribution in [3.8, 4) is 0 Å². The van der Waals surface area contributed by atoms with Crippen LogP contribution in [0.2, 0.25) is 0 Å². The van der Waals surface area contributed by atoms with E-state index in [9.17, 15) is 14.4 Å². The van der Waals surface area contributed by atoms with Crippen molar-refractivity contribution in [1.82, 2.24) is 19.7 Å². The quantitative estimate of drug-likeness (QED) is 0.885. The molecule has 1 aromatic heterocycles. The standard InChI is InChI=1S/C17H24N4O3/c22-15-6-2-1-3-8-21(15)13-16(23)19-9-11-20(12-10-19)17(24)14-5-4-7-18-14/h4-5,7,18H,1-3,6,8-13H2. The highest BCUT2D eigenvalue weighted by molar-refractivity contribution is 5.92. The van der Waals surface area contributed by atoms with Crippen LogP contribution in [-0.2, 0) is 9.59 Å². The van der Waals surface area contributed by atoms with Gasteiger partial charge in [0.25, 0.3) is 5.91 Å². The van der Waals surface area contributed by atoms with Crippen LogP contribution in [0.15, 0.2) is 18.3 Å². The second-order valence-corrected chi connectivity index (χ2v) is 6.38. The summed E-state index contributed by atoms with van der Waals surface area (Å²) in [4.78, 5) is 44.9. The maximum absolute atomic E-state index is 12.5. The summed E-state index contributed by atoms with van der Waals surface area (Å²) in [6.07, 6.45) is 5.22. The molecule has 0 spiro atoms. The number of amides is 3. The molecule has 24 heavy (non-hydrogen) atoms. The van der Waals surface area contributed by atoms with Crippen LogP contribution in [0.25, 0.3) is 0 Å². The van der Waals surface area contributed by atoms with E-state index in [2.05, 4.69) is 4.98 Å². The van der Waals surface area contributed by atoms with Crippen molar-refractivity contribution in [3.63, 3.8) is 0 Å². The molecule has 1 aromatic rings. The summed E-state index contributed by atoms with van der Waals surface area (Å²) in [5.41, 5.74) is 0.574. The number of aromatic amines is 1. The van der Waals surface area contributed by atoms with Crippen LogP contribution < -0.4 is 0 Å². The van der Waals surface area contributed by atoms with Crippen LogP contribution >= 0.6 is 0 Å². The first-order valence-corrected chi connectivity index (χ1v) is 8.63. The Kier molecular flexibility index (Phi) is 5.17. The average molecular weight is 332 g/mol. The minimum Gasteiger partial charge on any atom is -0.357 e. The molecule has 3 heterocycles. The van der Waals surface area contributed by atoms with Crippen LogP contribution in [0.1, 0.15) is 36.2 Å². The highest BCUT2D eigenvalue weighted by Gasteiger charge is 2.27. The normalized spacial score (nSPS) is 19.3. The fraction of sp³-hybridized carbons (Fsp3) is 0.588. The van der Waals surface area contributed by atoms with Gasteiger partial charge in [-0.25, -0.2) is 0 Å². The molecule has 7 nitrogen and oxygen atoms in total. The lowest BCUT2D eigenvalue weighted by molar-refractivity contribution is -0.141. The maximum Gasteiger partial charge on any atom is 0.270 e. The first-order valence-electron chi connectivity index (χ1n) is 8.63. The number of aromatic nitrogens is 1. The molecule has 1 N–H and O–H groups in total. The molecular formula is C17H24N4O3. The summed E-state index contributed by atoms with van der Waals surface area (Å²) >= 11 is 0. The molecule has 3 rings (SSSR count). The van der Waals surface area contributed by atoms with Crippen LogP contribution in [0.4, 0.5) is 0 Å². The lowest BCUT2D eigenvalue weighted by Gasteiger charge is -2.35. The van der Waals surface area contributed by atoms with E-state index < -0.39 is 0 Å². The number of carbonyl (C=O) groups excluding carboxylic acids is 3. The average Bonchev–Trinajstić information content (AvgIpc) is 3.07. The van der Waals surface area contributed by atoms with Crippen molar-refractivity contribution in [3.05, 3.63) is 24.0 Å². The van der Waals surface area contributed by atoms with Crippen LogP contribution in [0.3, 0.4) is 0 Å². The summed E-state index contributed by atoms with van der Waals surface area (Å²) in [5, 5.41) is 0. The van der Waals surface area contributed by atoms with Gasteiger partial charge in [-0.15, -0.1) is 0 Å². The Morgan fingerprint density at radius 1 is 1.00 bits per heavy atom. The van der Waals surface area contributed by atoms with Crippen molar-refractivity contribution in [2.24, 2.45) is 0 Å². The highest BCUT2D eigenvalue weighted by Crippen LogP contribution is 2.12. The van der Waals surface area contributed by atoms with Crippen LogP contribution in [-0.4, -0.2) is 76.7 Å². The molecular weight excluding hydrogens is 308 g/mol. The van der Waals surface area contributed by atoms with Crippen molar-refractivity contribution < 1.29 is 14.4 Å². The molecule has 2 aliphatic rings. The van der Waals surface area contributed by atoms with Gasteiger partial charge in [-0.1, -0.05) is 6.42 Å². The fourth-order valence-corrected chi connectivity index (χ4v) is 3.26. The number of likely N-dealkylation sites (tertiary alicyclic amines) is 1. The van der Waals surface area contributed by atoms with Gasteiger partial charge in [0.2, 0.25) is 11.8 Å². The highest BCUT2D eigenvalue weighted by atomic mass is 16.2. The molecule has 130 valence electrons. The molecule has 0 radical (unpaired) electrons. The number of carbonyl (C=O) groups is 3. The third kappa shape index (κ3) is 3.77. The van der Waals surface area contributed by atoms with Gasteiger partial charge < -0.3 is 19.7 Å². The Hall–Kier alpha value is -2.31. The molecule has 3 amide bonds. The van der Waals surface area contributed by atoms with E-state index in [1.165, 1.54) is 0 Å². The minimum absolute atomic E-state index is 0.0165. The first-order chi connectivity index (χ1) is 11.6. The zero-order valence-electron chi connectivity index (χ0n) is 13.9. The smallest absolute Gasteiger partial charge is 0.270 e. The molecule has 0 atom stereocenters. The summed E-state index contributed by atoms with van der Waals surface area (Å²) < 4.78 is 0. The van der Waals surface area contributed by atoms with Crippen LogP contribution in [0, 0.1) is 0 Å². The first kappa shape index (κ1) is 16.5. The van der Waals surface area contributed by atoms with Crippen LogP contribution in [0.5, 0.6) is 0 Å². The lowest BCUT2D eigenvalue weighted by atomic mass is 10.2. The number of rotatable bonds is 3. The van der Waals surface area contributed by atoms with Gasteiger partial charge in [0.1, 0.15) is 5.69 Å². The van der Waals surface area contributed by atoms with Gasteiger partial charge in [-0.3, -0.25) is 14.4 Å². The molecule has 0 saturated carbocycles. The minimum atomic E-state index is -0.0326. The molecule has 0 aliphatic carbocycles. The molecule has 0 aromatic carbocycles. The lowest BCUT2D eigenvalue weighted by Crippen LogP contribution is -2.53. The van der Waals surface area contributed by atoms with Gasteiger partial charge in [-0.2, -0.15) is 0 Å². The Morgan fingerprint density at radius 2 is 1.75 bits per heavy atom. The summed E-state index contributed by atoms with van der Waals surface area (Å²) in [6.45, 7) is 2.94. The Bertz CT molecular complexity index is 591. The number of piperazine rings is 1. The van der Waals surface area contributed by atoms with Crippen molar-refractivity contribution in [1.29, 1.82) is 0 Å². The second-order valence-electron chi connectivity index (χ2n) is 6.38. The van der Waals surface area contributed by atoms with Gasteiger partial charge in [-0.05, 0) is 25.0 Å². The van der Waals surface area contributed by atoms with Crippen molar-refractivity contribution >= 4 is 17.7 Å². The summed E-state index contributed by atoms with van der Waals surface area (Å²) in [5.74, 6) is 0.0356. The Morgan fingerprint density at radius 3 is 2.46 bits per heavy atom. The zero-order chi connectivity index (χ0) is 16.9. The Labute approximate surface area is 141 Å². The van der Waals surface area contributed by atoms with E-state index in [0.29, 0.717) is 44.8 Å². The molecule has 0 bridgehead atoms. The van der Waals surface area contributed by atoms with Crippen molar-refractivity contribution in [2.75, 3.05) is 39.3 Å². The van der Waals surface area contributed by atoms with E-state index in [-0.39, 0.29) is 24.3 Å². The monoisotopic (exact) mass is 332 g/mol. The maximum atomic E-state index is 12.5. The predicted molar refractivity (Wildman–Crippen MR) is 88.3 cm³/mol. The number of nitrogens with one attached hydrogen (secondary N) is 1. The zero-order valence-corrected chi connectivity index (χ0v) is 13.9. The third-order valence-electron chi connectivity index (χ3n) is 4.75. The fourth-order valence-electron chi connectivity index (χ4n) is 3.26. The van der Waals surface area contributed by atoms with Gasteiger partial charge in [0, 0.05) is 45.3 Å². The van der Waals surface area contributed by atoms with Gasteiger partial charge >= 0.3 is 0 Å². The third-order valence-corrected chi connectivity index (χ3v) is 4.75. The largest absolute Gasteiger partial charge is 0.357 e. The molecule has 2 aliphatic heterocycles. The van der Waals surface area contributed by atoms with E-state index >= 15 is 0 Å². The number of nitrogens with zero attached hydrogens (tertiary/aromatic N) is 3. The molecule has 7 heteroatoms. The van der Waals surface area contributed by atoms with E-state index in [0.717, 1.165) is 19.3 Å². The molecule has 2 saturated heterocycles. The summed E-state index contributed by atoms with van der Waals surface area (Å²) in [6, 6.07) is 3.55. The van der Waals surface area contributed by atoms with E-state index in [1.54, 1.807) is 33.0 Å². The number of hydrogen-bond acceptors (Lipinski definition) is 3. The summed E-state index contributed by atoms with van der Waals surface area (Å²) in [7, 11) is 0. The van der Waals surface area contributed by atoms with E-state index in [1.807, 2.05) is 0 Å². The Balaban J connectivity index is 1.50. The van der Waals surface area contributed by atoms with Gasteiger partial charge in [0.15, 0.2) is 0 Å². The molecule has 2 fully saturated rings. The molecule has 0 unspecified atom stereocenters. The second kappa shape index (κ2) is 7.51. The number of hydrogen-bond donors (Lipinski definition) is 1. The number of H-pyrrole nitrogens is 1. The van der Waals surface area contributed by atoms with Crippen molar-refractivity contribution in [2.45, 2.75) is 25.7 Å². The predicted octanol–water partition coefficient (Wildman–Crippen LogP) is 0.702. The topological polar surface area (TPSA) is 76.7 Å². The van der Waals surface area contributed by atoms with E-state index in [4.69, 9.17) is 0 Å². The SMILES string of the molecule is O=C(CN1CCCCCC1=O)N1CCN(C(=O)c2ccc[nH]2)CC1.